The molecule has 1 aromatic carbocycles. The Labute approximate surface area is 202 Å². The molecule has 1 aliphatic rings. The van der Waals surface area contributed by atoms with Crippen LogP contribution in [0, 0.1) is 13.8 Å². The Morgan fingerprint density at radius 1 is 1.14 bits per heavy atom. The number of aryl methyl sites for hydroxylation is 2. The summed E-state index contributed by atoms with van der Waals surface area (Å²) in [5, 5.41) is 29.7. The van der Waals surface area contributed by atoms with E-state index in [-0.39, 0.29) is 12.2 Å². The number of nitrogens with zero attached hydrogens (tertiary/aromatic N) is 4. The van der Waals surface area contributed by atoms with E-state index in [1.165, 1.54) is 30.1 Å². The van der Waals surface area contributed by atoms with E-state index in [2.05, 4.69) is 15.3 Å². The summed E-state index contributed by atoms with van der Waals surface area (Å²) in [6, 6.07) is 5.70. The van der Waals surface area contributed by atoms with Gasteiger partial charge in [-0.05, 0) is 31.5 Å². The van der Waals surface area contributed by atoms with Crippen LogP contribution in [0.25, 0.3) is 11.0 Å². The lowest BCUT2D eigenvalue weighted by molar-refractivity contribution is -0.0536. The molecule has 1 saturated heterocycles. The summed E-state index contributed by atoms with van der Waals surface area (Å²) >= 11 is 0. The predicted molar refractivity (Wildman–Crippen MR) is 124 cm³/mol. The van der Waals surface area contributed by atoms with Gasteiger partial charge in [-0.1, -0.05) is 5.21 Å². The van der Waals surface area contributed by atoms with Crippen molar-refractivity contribution in [3.63, 3.8) is 0 Å². The van der Waals surface area contributed by atoms with Crippen molar-refractivity contribution in [1.82, 2.24) is 24.5 Å². The molecule has 5 rings (SSSR count). The summed E-state index contributed by atoms with van der Waals surface area (Å²) in [7, 11) is 0. The summed E-state index contributed by atoms with van der Waals surface area (Å²) in [4.78, 5) is 37.8. The van der Waals surface area contributed by atoms with Gasteiger partial charge in [-0.25, -0.2) is 14.3 Å². The van der Waals surface area contributed by atoms with Gasteiger partial charge < -0.3 is 24.1 Å². The number of aromatic amines is 1. The molecule has 4 aromatic rings. The standard InChI is InChI=1S/C23H23N5O8/c1-11-5-18(30)35-16-6-14(3-4-15(11)16)34-10-13-8-28(26-25-13)19-17(9-29)36-22(20(19)31)27-7-12(2)21(32)24-23(27)33/h3-8,17,19-20,22,29,31H,9-10H2,1-2H3,(H,24,32,33)/t17-,19-,20-,22-/m1/s1. The van der Waals surface area contributed by atoms with E-state index < -0.39 is 48.0 Å². The zero-order valence-corrected chi connectivity index (χ0v) is 19.3. The first-order chi connectivity index (χ1) is 17.2. The van der Waals surface area contributed by atoms with E-state index in [1.54, 1.807) is 18.2 Å². The molecule has 0 bridgehead atoms. The highest BCUT2D eigenvalue weighted by Crippen LogP contribution is 2.36. The van der Waals surface area contributed by atoms with Crippen molar-refractivity contribution in [1.29, 1.82) is 0 Å². The van der Waals surface area contributed by atoms with E-state index in [1.807, 2.05) is 6.92 Å². The number of rotatable bonds is 6. The molecule has 3 aromatic heterocycles. The van der Waals surface area contributed by atoms with Crippen LogP contribution < -0.4 is 21.6 Å². The molecule has 188 valence electrons. The van der Waals surface area contributed by atoms with Crippen LogP contribution in [0.3, 0.4) is 0 Å². The Morgan fingerprint density at radius 2 is 1.94 bits per heavy atom. The first kappa shape index (κ1) is 23.7. The number of benzene rings is 1. The van der Waals surface area contributed by atoms with Gasteiger partial charge in [0.25, 0.3) is 5.56 Å². The van der Waals surface area contributed by atoms with E-state index in [4.69, 9.17) is 13.9 Å². The monoisotopic (exact) mass is 497 g/mol. The normalized spacial score (nSPS) is 21.8. The van der Waals surface area contributed by atoms with Gasteiger partial charge in [-0.15, -0.1) is 5.10 Å². The van der Waals surface area contributed by atoms with Gasteiger partial charge in [-0.3, -0.25) is 14.3 Å². The molecule has 0 saturated carbocycles. The second kappa shape index (κ2) is 9.18. The van der Waals surface area contributed by atoms with Crippen LogP contribution in [-0.2, 0) is 11.3 Å². The number of aliphatic hydroxyl groups is 2. The number of hydrogen-bond donors (Lipinski definition) is 3. The zero-order valence-electron chi connectivity index (χ0n) is 19.3. The molecule has 4 heterocycles. The van der Waals surface area contributed by atoms with Crippen LogP contribution in [0.4, 0.5) is 0 Å². The van der Waals surface area contributed by atoms with Gasteiger partial charge in [0.15, 0.2) is 6.23 Å². The van der Waals surface area contributed by atoms with Crippen LogP contribution in [-0.4, -0.2) is 53.6 Å². The van der Waals surface area contributed by atoms with E-state index in [0.29, 0.717) is 17.0 Å². The number of fused-ring (bicyclic) bond motifs is 1. The Kier molecular flexibility index (Phi) is 6.04. The van der Waals surface area contributed by atoms with Crippen LogP contribution in [0.2, 0.25) is 0 Å². The fraction of sp³-hybridized carbons (Fsp3) is 0.348. The minimum absolute atomic E-state index is 0.0248. The average Bonchev–Trinajstić information content (AvgIpc) is 3.43. The average molecular weight is 497 g/mol. The lowest BCUT2D eigenvalue weighted by Crippen LogP contribution is -2.37. The summed E-state index contributed by atoms with van der Waals surface area (Å²) in [6.07, 6.45) is -0.512. The maximum Gasteiger partial charge on any atom is 0.336 e. The number of nitrogens with one attached hydrogen (secondary N) is 1. The molecular weight excluding hydrogens is 474 g/mol. The smallest absolute Gasteiger partial charge is 0.336 e. The maximum atomic E-state index is 12.3. The molecule has 0 aliphatic carbocycles. The van der Waals surface area contributed by atoms with Gasteiger partial charge >= 0.3 is 11.3 Å². The molecule has 4 atom stereocenters. The van der Waals surface area contributed by atoms with Gasteiger partial charge in [0, 0.05) is 29.3 Å². The Bertz CT molecular complexity index is 1600. The molecule has 0 amide bonds. The second-order valence-corrected chi connectivity index (χ2v) is 8.59. The quantitative estimate of drug-likeness (QED) is 0.306. The third kappa shape index (κ3) is 4.23. The minimum atomic E-state index is -1.28. The van der Waals surface area contributed by atoms with Crippen molar-refractivity contribution in [3.8, 4) is 5.75 Å². The Hall–Kier alpha value is -4.07. The Balaban J connectivity index is 1.35. The number of aromatic nitrogens is 5. The SMILES string of the molecule is Cc1cn([C@@H]2O[C@H](CO)[C@@H](n3cc(COc4ccc5c(C)cc(=O)oc5c4)nn3)[C@H]2O)c(=O)[nH]c1=O. The second-order valence-electron chi connectivity index (χ2n) is 8.59. The van der Waals surface area contributed by atoms with Crippen molar-refractivity contribution in [2.75, 3.05) is 6.61 Å². The number of H-pyrrole nitrogens is 1. The van der Waals surface area contributed by atoms with Gasteiger partial charge in [0.2, 0.25) is 0 Å². The van der Waals surface area contributed by atoms with Gasteiger partial charge in [0.05, 0.1) is 12.8 Å². The van der Waals surface area contributed by atoms with Crippen LogP contribution in [0.15, 0.2) is 55.5 Å². The van der Waals surface area contributed by atoms with E-state index in [9.17, 15) is 24.6 Å². The van der Waals surface area contributed by atoms with Crippen molar-refractivity contribution in [3.05, 3.63) is 84.7 Å². The predicted octanol–water partition coefficient (Wildman–Crippen LogP) is -0.0778. The molecular formula is C23H23N5O8. The first-order valence-corrected chi connectivity index (χ1v) is 11.1. The molecule has 0 unspecified atom stereocenters. The Morgan fingerprint density at radius 3 is 2.72 bits per heavy atom. The van der Waals surface area contributed by atoms with Crippen LogP contribution in [0.1, 0.15) is 29.1 Å². The molecule has 1 aliphatic heterocycles. The highest BCUT2D eigenvalue weighted by molar-refractivity contribution is 5.81. The van der Waals surface area contributed by atoms with Crippen molar-refractivity contribution in [2.24, 2.45) is 0 Å². The summed E-state index contributed by atoms with van der Waals surface area (Å²) in [6.45, 7) is 2.91. The topological polar surface area (TPSA) is 175 Å². The van der Waals surface area contributed by atoms with Crippen molar-refractivity contribution in [2.45, 2.75) is 44.9 Å². The van der Waals surface area contributed by atoms with Crippen molar-refractivity contribution >= 4 is 11.0 Å². The van der Waals surface area contributed by atoms with Gasteiger partial charge in [0.1, 0.15) is 41.9 Å². The minimum Gasteiger partial charge on any atom is -0.487 e. The van der Waals surface area contributed by atoms with E-state index >= 15 is 0 Å². The lowest BCUT2D eigenvalue weighted by atomic mass is 10.1. The highest BCUT2D eigenvalue weighted by atomic mass is 16.5. The molecule has 0 spiro atoms. The molecule has 13 heteroatoms. The highest BCUT2D eigenvalue weighted by Gasteiger charge is 2.46. The number of aliphatic hydroxyl groups excluding tert-OH is 2. The molecule has 3 N–H and O–H groups in total. The maximum absolute atomic E-state index is 12.3. The summed E-state index contributed by atoms with van der Waals surface area (Å²) in [5.74, 6) is 0.455. The third-order valence-corrected chi connectivity index (χ3v) is 6.11. The fourth-order valence-electron chi connectivity index (χ4n) is 4.29. The zero-order chi connectivity index (χ0) is 25.6. The van der Waals surface area contributed by atoms with Crippen molar-refractivity contribution < 1.29 is 24.1 Å². The lowest BCUT2D eigenvalue weighted by Gasteiger charge is -2.19. The summed E-state index contributed by atoms with van der Waals surface area (Å²) < 4.78 is 19.2. The fourth-order valence-corrected chi connectivity index (χ4v) is 4.29. The third-order valence-electron chi connectivity index (χ3n) is 6.11. The first-order valence-electron chi connectivity index (χ1n) is 11.1. The van der Waals surface area contributed by atoms with E-state index in [0.717, 1.165) is 15.5 Å². The number of hydrogen-bond acceptors (Lipinski definition) is 10. The molecule has 1 fully saturated rings. The number of ether oxygens (including phenoxy) is 2. The van der Waals surface area contributed by atoms with Gasteiger partial charge in [-0.2, -0.15) is 0 Å². The van der Waals surface area contributed by atoms with Crippen LogP contribution >= 0.6 is 0 Å². The summed E-state index contributed by atoms with van der Waals surface area (Å²) in [5.41, 5.74) is 0.141. The van der Waals surface area contributed by atoms with Crippen LogP contribution in [0.5, 0.6) is 5.75 Å². The molecule has 0 radical (unpaired) electrons. The molecule has 13 nitrogen and oxygen atoms in total. The largest absolute Gasteiger partial charge is 0.487 e. The molecule has 36 heavy (non-hydrogen) atoms.